The summed E-state index contributed by atoms with van der Waals surface area (Å²) in [4.78, 5) is 15.9. The van der Waals surface area contributed by atoms with Gasteiger partial charge in [0, 0.05) is 35.7 Å². The first-order valence-electron chi connectivity index (χ1n) is 8.65. The molecule has 4 nitrogen and oxygen atoms in total. The molecule has 0 spiro atoms. The number of carbonyl (C=O) groups excluding carboxylic acids is 1. The molecule has 3 aromatic rings. The summed E-state index contributed by atoms with van der Waals surface area (Å²) < 4.78 is 46.8. The van der Waals surface area contributed by atoms with Crippen LogP contribution in [0.4, 0.5) is 18.0 Å². The number of halogens is 3. The van der Waals surface area contributed by atoms with Crippen molar-refractivity contribution < 1.29 is 22.7 Å². The molecule has 29 heavy (non-hydrogen) atoms. The third-order valence-electron chi connectivity index (χ3n) is 4.38. The van der Waals surface area contributed by atoms with Crippen LogP contribution in [0.3, 0.4) is 0 Å². The molecule has 1 N–H and O–H groups in total. The first-order valence-corrected chi connectivity index (χ1v) is 8.65. The van der Waals surface area contributed by atoms with Crippen LogP contribution in [0.25, 0.3) is 0 Å². The van der Waals surface area contributed by atoms with Crippen LogP contribution in [0.5, 0.6) is 0 Å². The fraction of sp³-hybridized carbons (Fsp3) is 0.0909. The molecule has 2 atom stereocenters. The van der Waals surface area contributed by atoms with Crippen LogP contribution in [0.1, 0.15) is 34.4 Å². The van der Waals surface area contributed by atoms with E-state index in [4.69, 9.17) is 4.74 Å². The Kier molecular flexibility index (Phi) is 4.92. The molecule has 1 saturated heterocycles. The van der Waals surface area contributed by atoms with Crippen molar-refractivity contribution >= 4 is 6.09 Å². The highest BCUT2D eigenvalue weighted by atomic mass is 19.1. The van der Waals surface area contributed by atoms with E-state index in [9.17, 15) is 18.0 Å². The smallest absolute Gasteiger partial charge is 0.408 e. The minimum atomic E-state index is -1.32. The lowest BCUT2D eigenvalue weighted by molar-refractivity contribution is 0.127. The second kappa shape index (κ2) is 7.68. The molecular formula is C22H13F3N2O2. The number of amides is 1. The number of hydrogen-bond acceptors (Lipinski definition) is 3. The zero-order chi connectivity index (χ0) is 20.4. The summed E-state index contributed by atoms with van der Waals surface area (Å²) in [5.41, 5.74) is 1.27. The van der Waals surface area contributed by atoms with Crippen molar-refractivity contribution in [1.29, 1.82) is 0 Å². The highest BCUT2D eigenvalue weighted by Gasteiger charge is 2.40. The van der Waals surface area contributed by atoms with Crippen molar-refractivity contribution in [3.63, 3.8) is 0 Å². The van der Waals surface area contributed by atoms with Crippen LogP contribution in [0.2, 0.25) is 0 Å². The molecule has 2 heterocycles. The van der Waals surface area contributed by atoms with Crippen LogP contribution in [-0.4, -0.2) is 11.1 Å². The van der Waals surface area contributed by atoms with Crippen molar-refractivity contribution in [2.45, 2.75) is 12.1 Å². The van der Waals surface area contributed by atoms with Gasteiger partial charge in [0.15, 0.2) is 6.10 Å². The van der Waals surface area contributed by atoms with Gasteiger partial charge in [-0.15, -0.1) is 0 Å². The van der Waals surface area contributed by atoms with Crippen LogP contribution in [-0.2, 0) is 4.74 Å². The van der Waals surface area contributed by atoms with Gasteiger partial charge >= 0.3 is 6.09 Å². The number of hydrogen-bond donors (Lipinski definition) is 1. The fourth-order valence-electron chi connectivity index (χ4n) is 3.09. The number of nitrogens with one attached hydrogen (secondary N) is 1. The molecule has 1 aliphatic heterocycles. The zero-order valence-electron chi connectivity index (χ0n) is 14.8. The first-order chi connectivity index (χ1) is 14.0. The minimum absolute atomic E-state index is 0.448. The van der Waals surface area contributed by atoms with E-state index >= 15 is 0 Å². The molecule has 7 heteroatoms. The lowest BCUT2D eigenvalue weighted by Gasteiger charge is -2.18. The third-order valence-corrected chi connectivity index (χ3v) is 4.38. The lowest BCUT2D eigenvalue weighted by Crippen LogP contribution is -2.20. The van der Waals surface area contributed by atoms with Crippen LogP contribution < -0.4 is 5.32 Å². The minimum Gasteiger partial charge on any atom is -0.439 e. The monoisotopic (exact) mass is 394 g/mol. The van der Waals surface area contributed by atoms with Crippen molar-refractivity contribution in [1.82, 2.24) is 10.3 Å². The molecule has 0 bridgehead atoms. The van der Waals surface area contributed by atoms with E-state index in [2.05, 4.69) is 22.1 Å². The van der Waals surface area contributed by atoms with E-state index in [0.717, 1.165) is 5.56 Å². The average molecular weight is 394 g/mol. The largest absolute Gasteiger partial charge is 0.439 e. The van der Waals surface area contributed by atoms with Crippen molar-refractivity contribution in [3.8, 4) is 11.8 Å². The molecule has 0 unspecified atom stereocenters. The van der Waals surface area contributed by atoms with Gasteiger partial charge in [-0.3, -0.25) is 4.98 Å². The van der Waals surface area contributed by atoms with Gasteiger partial charge in [-0.2, -0.15) is 0 Å². The Hall–Kier alpha value is -3.79. The van der Waals surface area contributed by atoms with Crippen LogP contribution in [0.15, 0.2) is 60.9 Å². The number of pyridine rings is 1. The molecule has 1 amide bonds. The normalized spacial score (nSPS) is 17.8. The molecule has 0 radical (unpaired) electrons. The van der Waals surface area contributed by atoms with Gasteiger partial charge < -0.3 is 10.1 Å². The van der Waals surface area contributed by atoms with E-state index in [1.807, 2.05) is 30.3 Å². The summed E-state index contributed by atoms with van der Waals surface area (Å²) in [6.07, 6.45) is 0.816. The highest BCUT2D eigenvalue weighted by molar-refractivity contribution is 5.71. The Morgan fingerprint density at radius 1 is 0.931 bits per heavy atom. The predicted molar refractivity (Wildman–Crippen MR) is 98.1 cm³/mol. The average Bonchev–Trinajstić information content (AvgIpc) is 3.08. The van der Waals surface area contributed by atoms with Crippen molar-refractivity contribution in [2.24, 2.45) is 0 Å². The summed E-state index contributed by atoms with van der Waals surface area (Å²) in [7, 11) is 0. The maximum atomic E-state index is 14.2. The summed E-state index contributed by atoms with van der Waals surface area (Å²) in [6.45, 7) is 0. The molecule has 4 rings (SSSR count). The molecular weight excluding hydrogens is 381 g/mol. The lowest BCUT2D eigenvalue weighted by atomic mass is 9.96. The fourth-order valence-corrected chi connectivity index (χ4v) is 3.09. The maximum absolute atomic E-state index is 14.2. The maximum Gasteiger partial charge on any atom is 0.408 e. The summed E-state index contributed by atoms with van der Waals surface area (Å²) in [5.74, 6) is 2.61. The number of benzene rings is 2. The second-order valence-corrected chi connectivity index (χ2v) is 6.35. The second-order valence-electron chi connectivity index (χ2n) is 6.35. The molecule has 0 aliphatic carbocycles. The van der Waals surface area contributed by atoms with Gasteiger partial charge in [0.2, 0.25) is 0 Å². The SMILES string of the molecule is O=C1N[C@H](c2cncc(C#Cc3ccccc3)c2)[C@@H](c2c(F)cc(F)cc2F)O1. The number of alkyl carbamates (subject to hydrolysis) is 1. The van der Waals surface area contributed by atoms with E-state index in [-0.39, 0.29) is 0 Å². The quantitative estimate of drug-likeness (QED) is 0.655. The number of carbonyl (C=O) groups is 1. The molecule has 0 saturated carbocycles. The van der Waals surface area contributed by atoms with Gasteiger partial charge in [0.25, 0.3) is 0 Å². The molecule has 1 aliphatic rings. The number of nitrogens with zero attached hydrogens (tertiary/aromatic N) is 1. The van der Waals surface area contributed by atoms with E-state index in [1.54, 1.807) is 6.07 Å². The number of aromatic nitrogens is 1. The third kappa shape index (κ3) is 3.92. The van der Waals surface area contributed by atoms with E-state index in [1.165, 1.54) is 12.4 Å². The Morgan fingerprint density at radius 2 is 1.62 bits per heavy atom. The number of cyclic esters (lactones) is 1. The van der Waals surface area contributed by atoms with Crippen LogP contribution >= 0.6 is 0 Å². The number of ether oxygens (including phenoxy) is 1. The first kappa shape index (κ1) is 18.6. The standard InChI is InChI=1S/C22H13F3N2O2/c23-16-9-17(24)19(18(25)10-16)21-20(27-22(28)29-21)15-8-14(11-26-12-15)7-6-13-4-2-1-3-5-13/h1-5,8-12,20-21H,(H,27,28)/t20-,21-/m1/s1. The summed E-state index contributed by atoms with van der Waals surface area (Å²) >= 11 is 0. The molecule has 1 aromatic heterocycles. The van der Waals surface area contributed by atoms with E-state index in [0.29, 0.717) is 23.3 Å². The van der Waals surface area contributed by atoms with Gasteiger partial charge in [0.1, 0.15) is 23.5 Å². The van der Waals surface area contributed by atoms with Crippen molar-refractivity contribution in [2.75, 3.05) is 0 Å². The summed E-state index contributed by atoms with van der Waals surface area (Å²) in [5, 5.41) is 2.51. The topological polar surface area (TPSA) is 51.2 Å². The zero-order valence-corrected chi connectivity index (χ0v) is 14.8. The summed E-state index contributed by atoms with van der Waals surface area (Å²) in [6, 6.07) is 11.1. The Morgan fingerprint density at radius 3 is 2.34 bits per heavy atom. The number of rotatable bonds is 2. The van der Waals surface area contributed by atoms with Gasteiger partial charge in [0.05, 0.1) is 5.56 Å². The highest BCUT2D eigenvalue weighted by Crippen LogP contribution is 2.39. The molecule has 1 fully saturated rings. The van der Waals surface area contributed by atoms with Gasteiger partial charge in [-0.1, -0.05) is 30.0 Å². The molecule has 144 valence electrons. The predicted octanol–water partition coefficient (Wildman–Crippen LogP) is 4.42. The van der Waals surface area contributed by atoms with E-state index < -0.39 is 41.3 Å². The van der Waals surface area contributed by atoms with Gasteiger partial charge in [-0.25, -0.2) is 18.0 Å². The molecule has 2 aromatic carbocycles. The Balaban J connectivity index is 1.69. The van der Waals surface area contributed by atoms with Gasteiger partial charge in [-0.05, 0) is 23.8 Å². The van der Waals surface area contributed by atoms with Crippen molar-refractivity contribution in [3.05, 3.63) is 101 Å². The Bertz CT molecular complexity index is 1120. The van der Waals surface area contributed by atoms with Crippen LogP contribution in [0, 0.1) is 29.3 Å². The Labute approximate surface area is 164 Å².